The Kier molecular flexibility index (Phi) is 5.69. The molecule has 0 heterocycles. The van der Waals surface area contributed by atoms with Gasteiger partial charge in [0.05, 0.1) is 0 Å². The average molecular weight is 364 g/mol. The predicted molar refractivity (Wildman–Crippen MR) is 82.8 cm³/mol. The molecule has 0 saturated heterocycles. The van der Waals surface area contributed by atoms with E-state index in [4.69, 9.17) is 5.63 Å². The number of rotatable bonds is 6. The zero-order chi connectivity index (χ0) is 15.2. The standard InChI is InChI=1S/2C8H11NO.Zr/c2*1-9(2)7-5-3-4-6-8(7)10;/h2*3-6,10H,1-2H3;/q;;+2/p-2. The molecule has 0 aliphatic heterocycles. The fourth-order valence-electron chi connectivity index (χ4n) is 1.94. The Bertz CT molecular complexity index is 536. The third-order valence-electron chi connectivity index (χ3n) is 3.00. The van der Waals surface area contributed by atoms with E-state index in [2.05, 4.69) is 0 Å². The van der Waals surface area contributed by atoms with Crippen LogP contribution in [-0.2, 0) is 24.1 Å². The van der Waals surface area contributed by atoms with Crippen molar-refractivity contribution in [3.8, 4) is 11.5 Å². The zero-order valence-electron chi connectivity index (χ0n) is 12.8. The van der Waals surface area contributed by atoms with Gasteiger partial charge in [-0.15, -0.1) is 0 Å². The SMILES string of the molecule is CN(C)c1ccccc1[O][Zr][O]c1ccccc1N(C)C. The Hall–Kier alpha value is -1.48. The molecule has 2 aromatic carbocycles. The third kappa shape index (κ3) is 4.24. The first-order chi connectivity index (χ1) is 10.1. The molecular formula is C16H20N2O2Zr. The summed E-state index contributed by atoms with van der Waals surface area (Å²) in [5.41, 5.74) is 2.14. The summed E-state index contributed by atoms with van der Waals surface area (Å²) in [7, 11) is 8.04. The van der Waals surface area contributed by atoms with Crippen molar-refractivity contribution in [2.75, 3.05) is 38.0 Å². The molecule has 0 unspecified atom stereocenters. The first kappa shape index (κ1) is 15.9. The van der Waals surface area contributed by atoms with E-state index in [1.54, 1.807) is 0 Å². The summed E-state index contributed by atoms with van der Waals surface area (Å²) >= 11 is -1.44. The molecule has 4 nitrogen and oxygen atoms in total. The van der Waals surface area contributed by atoms with Crippen molar-refractivity contribution < 1.29 is 29.7 Å². The summed E-state index contributed by atoms with van der Waals surface area (Å²) in [6, 6.07) is 16.0. The van der Waals surface area contributed by atoms with Crippen LogP contribution in [0.5, 0.6) is 11.5 Å². The van der Waals surface area contributed by atoms with E-state index < -0.39 is 24.1 Å². The Morgan fingerprint density at radius 2 is 1.05 bits per heavy atom. The average Bonchev–Trinajstić information content (AvgIpc) is 2.48. The van der Waals surface area contributed by atoms with E-state index in [0.29, 0.717) is 0 Å². The van der Waals surface area contributed by atoms with E-state index in [1.807, 2.05) is 86.5 Å². The van der Waals surface area contributed by atoms with Gasteiger partial charge in [-0.2, -0.15) is 0 Å². The molecule has 0 fully saturated rings. The molecule has 2 rings (SSSR count). The van der Waals surface area contributed by atoms with Gasteiger partial charge in [0.1, 0.15) is 0 Å². The van der Waals surface area contributed by atoms with Gasteiger partial charge >= 0.3 is 139 Å². The van der Waals surface area contributed by atoms with Gasteiger partial charge in [-0.05, 0) is 0 Å². The van der Waals surface area contributed by atoms with Crippen LogP contribution in [0.2, 0.25) is 0 Å². The van der Waals surface area contributed by atoms with Crippen LogP contribution in [0.15, 0.2) is 48.5 Å². The molecule has 0 saturated carbocycles. The molecule has 0 atom stereocenters. The third-order valence-corrected chi connectivity index (χ3v) is 4.49. The maximum absolute atomic E-state index is 5.92. The molecule has 5 heteroatoms. The Morgan fingerprint density at radius 1 is 0.667 bits per heavy atom. The van der Waals surface area contributed by atoms with Crippen molar-refractivity contribution in [1.82, 2.24) is 0 Å². The number of benzene rings is 2. The quantitative estimate of drug-likeness (QED) is 0.787. The summed E-state index contributed by atoms with van der Waals surface area (Å²) in [6.45, 7) is 0. The van der Waals surface area contributed by atoms with Crippen LogP contribution in [-0.4, -0.2) is 28.2 Å². The number of para-hydroxylation sites is 4. The van der Waals surface area contributed by atoms with Crippen LogP contribution in [0.25, 0.3) is 0 Å². The Balaban J connectivity index is 2.03. The molecule has 21 heavy (non-hydrogen) atoms. The number of hydrogen-bond acceptors (Lipinski definition) is 4. The summed E-state index contributed by atoms with van der Waals surface area (Å²) in [5.74, 6) is 1.77. The van der Waals surface area contributed by atoms with Gasteiger partial charge in [-0.25, -0.2) is 0 Å². The second-order valence-electron chi connectivity index (χ2n) is 5.01. The number of anilines is 2. The summed E-state index contributed by atoms with van der Waals surface area (Å²) < 4.78 is 11.8. The van der Waals surface area contributed by atoms with Gasteiger partial charge in [-0.3, -0.25) is 0 Å². The van der Waals surface area contributed by atoms with Crippen LogP contribution >= 0.6 is 0 Å². The van der Waals surface area contributed by atoms with Crippen molar-refractivity contribution in [2.24, 2.45) is 0 Å². The summed E-state index contributed by atoms with van der Waals surface area (Å²) in [5, 5.41) is 0. The van der Waals surface area contributed by atoms with Crippen LogP contribution in [0.1, 0.15) is 0 Å². The molecule has 0 aliphatic carbocycles. The van der Waals surface area contributed by atoms with Gasteiger partial charge in [-0.1, -0.05) is 0 Å². The van der Waals surface area contributed by atoms with E-state index >= 15 is 0 Å². The minimum atomic E-state index is -1.44. The second-order valence-corrected chi connectivity index (χ2v) is 6.42. The molecule has 0 bridgehead atoms. The fraction of sp³-hybridized carbons (Fsp3) is 0.250. The van der Waals surface area contributed by atoms with Gasteiger partial charge in [0.25, 0.3) is 0 Å². The van der Waals surface area contributed by atoms with Gasteiger partial charge < -0.3 is 0 Å². The van der Waals surface area contributed by atoms with Gasteiger partial charge in [0.15, 0.2) is 0 Å². The van der Waals surface area contributed by atoms with Crippen molar-refractivity contribution in [3.63, 3.8) is 0 Å². The molecule has 0 radical (unpaired) electrons. The minimum absolute atomic E-state index is 0.886. The molecule has 110 valence electrons. The zero-order valence-corrected chi connectivity index (χ0v) is 15.3. The first-order valence-electron chi connectivity index (χ1n) is 6.71. The van der Waals surface area contributed by atoms with Crippen LogP contribution < -0.4 is 15.4 Å². The number of nitrogens with zero attached hydrogens (tertiary/aromatic N) is 2. The first-order valence-corrected chi connectivity index (χ1v) is 8.71. The van der Waals surface area contributed by atoms with Crippen LogP contribution in [0.3, 0.4) is 0 Å². The second kappa shape index (κ2) is 7.51. The van der Waals surface area contributed by atoms with E-state index in [1.165, 1.54) is 0 Å². The molecule has 0 aliphatic rings. The summed E-state index contributed by atoms with van der Waals surface area (Å²) in [4.78, 5) is 4.09. The fourth-order valence-corrected chi connectivity index (χ4v) is 3.33. The van der Waals surface area contributed by atoms with E-state index in [9.17, 15) is 0 Å². The van der Waals surface area contributed by atoms with Crippen molar-refractivity contribution in [2.45, 2.75) is 0 Å². The molecular weight excluding hydrogens is 343 g/mol. The van der Waals surface area contributed by atoms with Crippen LogP contribution in [0, 0.1) is 0 Å². The van der Waals surface area contributed by atoms with Crippen molar-refractivity contribution in [3.05, 3.63) is 48.5 Å². The monoisotopic (exact) mass is 362 g/mol. The molecule has 2 aromatic rings. The van der Waals surface area contributed by atoms with Gasteiger partial charge in [0.2, 0.25) is 0 Å². The number of hydrogen-bond donors (Lipinski definition) is 0. The van der Waals surface area contributed by atoms with Crippen molar-refractivity contribution >= 4 is 11.4 Å². The molecule has 0 aromatic heterocycles. The molecule has 0 N–H and O–H groups in total. The van der Waals surface area contributed by atoms with Gasteiger partial charge in [0, 0.05) is 0 Å². The molecule has 0 spiro atoms. The van der Waals surface area contributed by atoms with Crippen LogP contribution in [0.4, 0.5) is 11.4 Å². The van der Waals surface area contributed by atoms with E-state index in [0.717, 1.165) is 22.9 Å². The maximum atomic E-state index is 5.92. The Morgan fingerprint density at radius 3 is 1.43 bits per heavy atom. The van der Waals surface area contributed by atoms with Crippen molar-refractivity contribution in [1.29, 1.82) is 0 Å². The topological polar surface area (TPSA) is 24.9 Å². The Labute approximate surface area is 139 Å². The van der Waals surface area contributed by atoms with E-state index in [-0.39, 0.29) is 0 Å². The predicted octanol–water partition coefficient (Wildman–Crippen LogP) is 3.19. The normalized spacial score (nSPS) is 9.90. The molecule has 0 amide bonds. The summed E-state index contributed by atoms with van der Waals surface area (Å²) in [6.07, 6.45) is 0.